The number of hydrogen-bond donors (Lipinski definition) is 0. The van der Waals surface area contributed by atoms with Crippen molar-refractivity contribution >= 4 is 50.9 Å². The number of hydrogen-bond acceptors (Lipinski definition) is 3. The van der Waals surface area contributed by atoms with Crippen LogP contribution in [0, 0.1) is 0 Å². The molecular weight excluding hydrogens is 305 g/mol. The van der Waals surface area contributed by atoms with Crippen LogP contribution in [-0.2, 0) is 4.79 Å². The smallest absolute Gasteiger partial charge is 0.229 e. The Morgan fingerprint density at radius 2 is 2.27 bits per heavy atom. The lowest BCUT2D eigenvalue weighted by Gasteiger charge is -2.15. The van der Waals surface area contributed by atoms with Gasteiger partial charge in [0.25, 0.3) is 0 Å². The number of rotatable bonds is 1. The highest BCUT2D eigenvalue weighted by Crippen LogP contribution is 2.29. The molecule has 2 rings (SSSR count). The number of anilines is 1. The number of amides is 1. The Morgan fingerprint density at radius 1 is 1.53 bits per heavy atom. The minimum atomic E-state index is -0.0199. The molecule has 1 unspecified atom stereocenters. The van der Waals surface area contributed by atoms with Gasteiger partial charge in [-0.25, -0.2) is 4.98 Å². The predicted octanol–water partition coefficient (Wildman–Crippen LogP) is 2.28. The molecule has 15 heavy (non-hydrogen) atoms. The first kappa shape index (κ1) is 11.1. The molecule has 1 aromatic heterocycles. The number of nitrogens with zero attached hydrogens (tertiary/aromatic N) is 3. The molecule has 0 aromatic carbocycles. The minimum Gasteiger partial charge on any atom is -0.294 e. The third kappa shape index (κ3) is 2.24. The molecule has 1 aromatic rings. The predicted molar refractivity (Wildman–Crippen MR) is 61.7 cm³/mol. The number of alkyl halides is 1. The Kier molecular flexibility index (Phi) is 3.13. The van der Waals surface area contributed by atoms with E-state index in [9.17, 15) is 4.79 Å². The van der Waals surface area contributed by atoms with Gasteiger partial charge in [0.1, 0.15) is 5.02 Å². The lowest BCUT2D eigenvalue weighted by atomic mass is 10.4. The first-order valence-corrected chi connectivity index (χ1v) is 5.87. The Bertz CT molecular complexity index is 415. The van der Waals surface area contributed by atoms with Gasteiger partial charge in [0, 0.05) is 17.8 Å². The van der Waals surface area contributed by atoms with E-state index in [2.05, 4.69) is 25.9 Å². The fourth-order valence-electron chi connectivity index (χ4n) is 1.40. The number of carbonyl (C=O) groups is 1. The summed E-state index contributed by atoms with van der Waals surface area (Å²) in [5, 5.41) is 0.412. The maximum Gasteiger partial charge on any atom is 0.229 e. The molecule has 0 saturated carbocycles. The van der Waals surface area contributed by atoms with Crippen molar-refractivity contribution in [1.29, 1.82) is 0 Å². The van der Waals surface area contributed by atoms with E-state index in [1.54, 1.807) is 0 Å². The molecule has 0 N–H and O–H groups in total. The third-order valence-corrected chi connectivity index (χ3v) is 3.09. The molecule has 80 valence electrons. The topological polar surface area (TPSA) is 46.1 Å². The second kappa shape index (κ2) is 4.23. The summed E-state index contributed by atoms with van der Waals surface area (Å²) in [4.78, 5) is 20.9. The van der Waals surface area contributed by atoms with Crippen LogP contribution in [0.4, 0.5) is 5.82 Å². The SMILES string of the molecule is O=C1CC(Br)CN1c1nc(Cl)ncc1Cl. The van der Waals surface area contributed by atoms with Gasteiger partial charge >= 0.3 is 0 Å². The summed E-state index contributed by atoms with van der Waals surface area (Å²) in [6, 6.07) is 0. The van der Waals surface area contributed by atoms with Crippen LogP contribution in [0.25, 0.3) is 0 Å². The van der Waals surface area contributed by atoms with Crippen LogP contribution in [0.15, 0.2) is 6.20 Å². The van der Waals surface area contributed by atoms with Gasteiger partial charge in [-0.15, -0.1) is 0 Å². The molecule has 1 atom stereocenters. The number of halogens is 3. The molecule has 1 amide bonds. The van der Waals surface area contributed by atoms with Crippen LogP contribution in [0.5, 0.6) is 0 Å². The zero-order valence-corrected chi connectivity index (χ0v) is 10.6. The van der Waals surface area contributed by atoms with E-state index in [4.69, 9.17) is 23.2 Å². The molecule has 2 heterocycles. The van der Waals surface area contributed by atoms with Crippen molar-refractivity contribution in [1.82, 2.24) is 9.97 Å². The van der Waals surface area contributed by atoms with Crippen LogP contribution in [0.2, 0.25) is 10.3 Å². The van der Waals surface area contributed by atoms with Gasteiger partial charge < -0.3 is 0 Å². The van der Waals surface area contributed by atoms with E-state index in [0.717, 1.165) is 0 Å². The van der Waals surface area contributed by atoms with E-state index in [0.29, 0.717) is 23.8 Å². The lowest BCUT2D eigenvalue weighted by molar-refractivity contribution is -0.117. The summed E-state index contributed by atoms with van der Waals surface area (Å²) in [6.07, 6.45) is 1.83. The first-order valence-electron chi connectivity index (χ1n) is 4.20. The molecule has 0 aliphatic carbocycles. The Hall–Kier alpha value is -0.390. The first-order chi connectivity index (χ1) is 7.08. The molecule has 0 radical (unpaired) electrons. The van der Waals surface area contributed by atoms with E-state index >= 15 is 0 Å². The molecule has 0 spiro atoms. The second-order valence-corrected chi connectivity index (χ2v) is 5.16. The van der Waals surface area contributed by atoms with Crippen molar-refractivity contribution in [3.05, 3.63) is 16.5 Å². The highest BCUT2D eigenvalue weighted by atomic mass is 79.9. The monoisotopic (exact) mass is 309 g/mol. The maximum absolute atomic E-state index is 11.6. The third-order valence-electron chi connectivity index (χ3n) is 2.03. The van der Waals surface area contributed by atoms with Gasteiger partial charge in [-0.1, -0.05) is 27.5 Å². The number of carbonyl (C=O) groups excluding carboxylic acids is 1. The van der Waals surface area contributed by atoms with Gasteiger partial charge in [-0.3, -0.25) is 9.69 Å². The molecule has 1 fully saturated rings. The molecule has 1 aliphatic heterocycles. The van der Waals surface area contributed by atoms with Crippen LogP contribution in [0.1, 0.15) is 6.42 Å². The molecule has 1 saturated heterocycles. The summed E-state index contributed by atoms with van der Waals surface area (Å²) >= 11 is 14.9. The Morgan fingerprint density at radius 3 is 2.87 bits per heavy atom. The van der Waals surface area contributed by atoms with Crippen molar-refractivity contribution < 1.29 is 4.79 Å². The van der Waals surface area contributed by atoms with Crippen molar-refractivity contribution in [3.8, 4) is 0 Å². The molecule has 4 nitrogen and oxygen atoms in total. The molecule has 0 bridgehead atoms. The van der Waals surface area contributed by atoms with Gasteiger partial charge in [0.05, 0.1) is 6.20 Å². The summed E-state index contributed by atoms with van der Waals surface area (Å²) in [5.41, 5.74) is 0. The van der Waals surface area contributed by atoms with Crippen LogP contribution in [-0.4, -0.2) is 27.2 Å². The Balaban J connectivity index is 2.37. The van der Waals surface area contributed by atoms with Crippen molar-refractivity contribution in [2.45, 2.75) is 11.2 Å². The van der Waals surface area contributed by atoms with Crippen molar-refractivity contribution in [2.24, 2.45) is 0 Å². The summed E-state index contributed by atoms with van der Waals surface area (Å²) in [6.45, 7) is 0.548. The standard InChI is InChI=1S/C8H6BrCl2N3O/c9-4-1-6(15)14(3-4)7-5(10)2-12-8(11)13-7/h2,4H,1,3H2. The normalized spacial score (nSPS) is 21.1. The summed E-state index contributed by atoms with van der Waals surface area (Å²) < 4.78 is 0. The van der Waals surface area contributed by atoms with Crippen LogP contribution >= 0.6 is 39.1 Å². The van der Waals surface area contributed by atoms with Crippen molar-refractivity contribution in [3.63, 3.8) is 0 Å². The van der Waals surface area contributed by atoms with E-state index in [1.165, 1.54) is 11.1 Å². The fourth-order valence-corrected chi connectivity index (χ4v) is 2.28. The minimum absolute atomic E-state index is 0.0199. The van der Waals surface area contributed by atoms with Crippen molar-refractivity contribution in [2.75, 3.05) is 11.4 Å². The van der Waals surface area contributed by atoms with Gasteiger partial charge in [0.15, 0.2) is 5.82 Å². The number of aromatic nitrogens is 2. The average Bonchev–Trinajstić information content (AvgIpc) is 2.50. The summed E-state index contributed by atoms with van der Waals surface area (Å²) in [5.74, 6) is 0.358. The maximum atomic E-state index is 11.6. The quantitative estimate of drug-likeness (QED) is 0.590. The zero-order chi connectivity index (χ0) is 11.0. The van der Waals surface area contributed by atoms with E-state index in [1.807, 2.05) is 0 Å². The van der Waals surface area contributed by atoms with Crippen LogP contribution in [0.3, 0.4) is 0 Å². The molecule has 1 aliphatic rings. The van der Waals surface area contributed by atoms with E-state index < -0.39 is 0 Å². The summed E-state index contributed by atoms with van der Waals surface area (Å²) in [7, 11) is 0. The lowest BCUT2D eigenvalue weighted by Crippen LogP contribution is -2.26. The fraction of sp³-hybridized carbons (Fsp3) is 0.375. The highest BCUT2D eigenvalue weighted by molar-refractivity contribution is 9.09. The average molecular weight is 311 g/mol. The van der Waals surface area contributed by atoms with E-state index in [-0.39, 0.29) is 16.0 Å². The zero-order valence-electron chi connectivity index (χ0n) is 7.45. The van der Waals surface area contributed by atoms with Crippen LogP contribution < -0.4 is 4.90 Å². The molecule has 7 heteroatoms. The highest BCUT2D eigenvalue weighted by Gasteiger charge is 2.31. The van der Waals surface area contributed by atoms with Gasteiger partial charge in [-0.05, 0) is 11.6 Å². The largest absolute Gasteiger partial charge is 0.294 e. The Labute approximate surface area is 105 Å². The van der Waals surface area contributed by atoms with Gasteiger partial charge in [0.2, 0.25) is 11.2 Å². The van der Waals surface area contributed by atoms with Gasteiger partial charge in [-0.2, -0.15) is 4.98 Å². The molecular formula is C8H6BrCl2N3O. The second-order valence-electron chi connectivity index (χ2n) is 3.12.